The zero-order valence-electron chi connectivity index (χ0n) is 9.98. The van der Waals surface area contributed by atoms with Gasteiger partial charge in [0.05, 0.1) is 0 Å². The zero-order valence-corrected chi connectivity index (χ0v) is 9.98. The molecular formula is C14H19NO2. The van der Waals surface area contributed by atoms with Crippen molar-refractivity contribution < 1.29 is 9.90 Å². The summed E-state index contributed by atoms with van der Waals surface area (Å²) in [7, 11) is 0. The first-order chi connectivity index (χ1) is 8.25. The van der Waals surface area contributed by atoms with Crippen molar-refractivity contribution in [2.24, 2.45) is 0 Å². The standard InChI is InChI=1S/C14H19NO2/c16-14(17)5-1-3-11-6-8-12(9-7-11)13-4-2-10-15-13/h6-9,13,15H,1-5,10H2,(H,16,17)/t13-/m0/s1. The number of hydrogen-bond acceptors (Lipinski definition) is 2. The lowest BCUT2D eigenvalue weighted by molar-refractivity contribution is -0.137. The summed E-state index contributed by atoms with van der Waals surface area (Å²) in [5.41, 5.74) is 2.58. The average Bonchev–Trinajstić information content (AvgIpc) is 2.83. The van der Waals surface area contributed by atoms with Crippen LogP contribution in [0, 0.1) is 0 Å². The van der Waals surface area contributed by atoms with Crippen molar-refractivity contribution >= 4 is 5.97 Å². The monoisotopic (exact) mass is 233 g/mol. The highest BCUT2D eigenvalue weighted by Crippen LogP contribution is 2.23. The number of hydrogen-bond donors (Lipinski definition) is 2. The lowest BCUT2D eigenvalue weighted by atomic mass is 10.0. The third-order valence-corrected chi connectivity index (χ3v) is 3.30. The van der Waals surface area contributed by atoms with Gasteiger partial charge in [-0.25, -0.2) is 0 Å². The highest BCUT2D eigenvalue weighted by atomic mass is 16.4. The normalized spacial score (nSPS) is 19.4. The van der Waals surface area contributed by atoms with Gasteiger partial charge in [0, 0.05) is 12.5 Å². The highest BCUT2D eigenvalue weighted by Gasteiger charge is 2.15. The van der Waals surface area contributed by atoms with Gasteiger partial charge < -0.3 is 10.4 Å². The summed E-state index contributed by atoms with van der Waals surface area (Å²) in [4.78, 5) is 10.4. The van der Waals surface area contributed by atoms with Crippen LogP contribution in [0.5, 0.6) is 0 Å². The van der Waals surface area contributed by atoms with Crippen molar-refractivity contribution in [2.45, 2.75) is 38.1 Å². The van der Waals surface area contributed by atoms with Crippen molar-refractivity contribution in [2.75, 3.05) is 6.54 Å². The molecule has 0 unspecified atom stereocenters. The Bertz CT molecular complexity index is 366. The molecule has 0 radical (unpaired) electrons. The summed E-state index contributed by atoms with van der Waals surface area (Å²) in [5.74, 6) is -0.711. The average molecular weight is 233 g/mol. The fourth-order valence-electron chi connectivity index (χ4n) is 2.33. The molecule has 1 aromatic rings. The van der Waals surface area contributed by atoms with Crippen molar-refractivity contribution in [1.29, 1.82) is 0 Å². The summed E-state index contributed by atoms with van der Waals surface area (Å²) in [6.07, 6.45) is 4.30. The Balaban J connectivity index is 1.86. The molecule has 17 heavy (non-hydrogen) atoms. The van der Waals surface area contributed by atoms with Gasteiger partial charge in [-0.2, -0.15) is 0 Å². The largest absolute Gasteiger partial charge is 0.481 e. The van der Waals surface area contributed by atoms with Crippen LogP contribution in [0.1, 0.15) is 42.9 Å². The van der Waals surface area contributed by atoms with Gasteiger partial charge in [0.1, 0.15) is 0 Å². The number of carboxylic acid groups (broad SMARTS) is 1. The van der Waals surface area contributed by atoms with Gasteiger partial charge in [-0.15, -0.1) is 0 Å². The second-order valence-corrected chi connectivity index (χ2v) is 4.64. The van der Waals surface area contributed by atoms with E-state index in [2.05, 4.69) is 29.6 Å². The Kier molecular flexibility index (Phi) is 4.15. The van der Waals surface area contributed by atoms with Crippen LogP contribution in [0.15, 0.2) is 24.3 Å². The predicted octanol–water partition coefficient (Wildman–Crippen LogP) is 2.52. The van der Waals surface area contributed by atoms with Crippen LogP contribution >= 0.6 is 0 Å². The van der Waals surface area contributed by atoms with Crippen molar-refractivity contribution in [1.82, 2.24) is 5.32 Å². The Morgan fingerprint density at radius 3 is 2.71 bits per heavy atom. The van der Waals surface area contributed by atoms with Crippen molar-refractivity contribution in [3.63, 3.8) is 0 Å². The predicted molar refractivity (Wildman–Crippen MR) is 67.0 cm³/mol. The van der Waals surface area contributed by atoms with Gasteiger partial charge in [-0.3, -0.25) is 4.79 Å². The Hall–Kier alpha value is -1.35. The molecule has 0 aliphatic carbocycles. The number of nitrogens with one attached hydrogen (secondary N) is 1. The fourth-order valence-corrected chi connectivity index (χ4v) is 2.33. The first kappa shape index (κ1) is 12.1. The van der Waals surface area contributed by atoms with Gasteiger partial charge in [0.25, 0.3) is 0 Å². The van der Waals surface area contributed by atoms with E-state index in [-0.39, 0.29) is 6.42 Å². The molecule has 2 rings (SSSR count). The number of aliphatic carboxylic acids is 1. The number of benzene rings is 1. The second-order valence-electron chi connectivity index (χ2n) is 4.64. The summed E-state index contributed by atoms with van der Waals surface area (Å²) in [6.45, 7) is 1.12. The fraction of sp³-hybridized carbons (Fsp3) is 0.500. The van der Waals surface area contributed by atoms with E-state index < -0.39 is 5.97 Å². The molecule has 1 heterocycles. The van der Waals surface area contributed by atoms with E-state index in [0.29, 0.717) is 6.04 Å². The maximum Gasteiger partial charge on any atom is 0.303 e. The molecule has 1 atom stereocenters. The van der Waals surface area contributed by atoms with Gasteiger partial charge in [0.2, 0.25) is 0 Å². The van der Waals surface area contributed by atoms with Gasteiger partial charge >= 0.3 is 5.97 Å². The highest BCUT2D eigenvalue weighted by molar-refractivity contribution is 5.66. The smallest absolute Gasteiger partial charge is 0.303 e. The summed E-state index contributed by atoms with van der Waals surface area (Å²) in [6, 6.07) is 9.09. The van der Waals surface area contributed by atoms with E-state index in [0.717, 1.165) is 19.4 Å². The maximum absolute atomic E-state index is 10.4. The summed E-state index contributed by atoms with van der Waals surface area (Å²) < 4.78 is 0. The first-order valence-corrected chi connectivity index (χ1v) is 6.30. The Morgan fingerprint density at radius 2 is 2.12 bits per heavy atom. The van der Waals surface area contributed by atoms with E-state index in [1.807, 2.05) is 0 Å². The molecule has 1 aliphatic heterocycles. The molecule has 1 aromatic carbocycles. The number of rotatable bonds is 5. The lowest BCUT2D eigenvalue weighted by Gasteiger charge is -2.11. The molecule has 0 bridgehead atoms. The molecule has 3 nitrogen and oxygen atoms in total. The molecule has 2 N–H and O–H groups in total. The molecule has 92 valence electrons. The Labute approximate surface area is 102 Å². The minimum atomic E-state index is -0.711. The summed E-state index contributed by atoms with van der Waals surface area (Å²) in [5, 5.41) is 12.0. The SMILES string of the molecule is O=C(O)CCCc1ccc([C@@H]2CCCN2)cc1. The molecular weight excluding hydrogens is 214 g/mol. The maximum atomic E-state index is 10.4. The third kappa shape index (κ3) is 3.56. The van der Waals surface area contributed by atoms with E-state index in [9.17, 15) is 4.79 Å². The topological polar surface area (TPSA) is 49.3 Å². The molecule has 3 heteroatoms. The molecule has 1 fully saturated rings. The number of carboxylic acids is 1. The molecule has 0 aromatic heterocycles. The quantitative estimate of drug-likeness (QED) is 0.821. The molecule has 0 saturated carbocycles. The van der Waals surface area contributed by atoms with E-state index in [4.69, 9.17) is 5.11 Å². The van der Waals surface area contributed by atoms with Crippen LogP contribution < -0.4 is 5.32 Å². The second kappa shape index (κ2) is 5.82. The van der Waals surface area contributed by atoms with E-state index in [1.165, 1.54) is 24.0 Å². The van der Waals surface area contributed by atoms with Crippen LogP contribution in [0.3, 0.4) is 0 Å². The molecule has 0 amide bonds. The molecule has 0 spiro atoms. The number of carbonyl (C=O) groups is 1. The molecule has 1 aliphatic rings. The van der Waals surface area contributed by atoms with Crippen LogP contribution in [0.25, 0.3) is 0 Å². The van der Waals surface area contributed by atoms with Crippen LogP contribution in [-0.2, 0) is 11.2 Å². The van der Waals surface area contributed by atoms with E-state index >= 15 is 0 Å². The van der Waals surface area contributed by atoms with Gasteiger partial charge in [-0.1, -0.05) is 24.3 Å². The van der Waals surface area contributed by atoms with Crippen LogP contribution in [0.2, 0.25) is 0 Å². The third-order valence-electron chi connectivity index (χ3n) is 3.30. The van der Waals surface area contributed by atoms with Gasteiger partial charge in [-0.05, 0) is 43.4 Å². The summed E-state index contributed by atoms with van der Waals surface area (Å²) >= 11 is 0. The minimum Gasteiger partial charge on any atom is -0.481 e. The van der Waals surface area contributed by atoms with Crippen LogP contribution in [0.4, 0.5) is 0 Å². The number of aryl methyl sites for hydroxylation is 1. The van der Waals surface area contributed by atoms with Crippen molar-refractivity contribution in [3.05, 3.63) is 35.4 Å². The van der Waals surface area contributed by atoms with Gasteiger partial charge in [0.15, 0.2) is 0 Å². The molecule has 1 saturated heterocycles. The lowest BCUT2D eigenvalue weighted by Crippen LogP contribution is -2.12. The zero-order chi connectivity index (χ0) is 12.1. The Morgan fingerprint density at radius 1 is 1.35 bits per heavy atom. The van der Waals surface area contributed by atoms with Crippen LogP contribution in [-0.4, -0.2) is 17.6 Å². The van der Waals surface area contributed by atoms with Crippen molar-refractivity contribution in [3.8, 4) is 0 Å². The van der Waals surface area contributed by atoms with E-state index in [1.54, 1.807) is 0 Å². The first-order valence-electron chi connectivity index (χ1n) is 6.30. The minimum absolute atomic E-state index is 0.256.